The maximum atomic E-state index is 13.4. The molecule has 0 saturated heterocycles. The maximum Gasteiger partial charge on any atom is 0.408 e. The number of Topliss-reactive ketones (excluding diaryl/α,β-unsaturated/α-hetero) is 1. The molecular formula is C18H23ClFNO5. The van der Waals surface area contributed by atoms with E-state index in [1.165, 1.54) is 6.07 Å². The summed E-state index contributed by atoms with van der Waals surface area (Å²) in [5, 5.41) is 2.50. The van der Waals surface area contributed by atoms with Crippen molar-refractivity contribution in [3.05, 3.63) is 34.6 Å². The van der Waals surface area contributed by atoms with E-state index in [-0.39, 0.29) is 30.0 Å². The summed E-state index contributed by atoms with van der Waals surface area (Å²) in [7, 11) is 0. The molecule has 1 atom stereocenters. The highest BCUT2D eigenvalue weighted by Crippen LogP contribution is 2.17. The van der Waals surface area contributed by atoms with Gasteiger partial charge >= 0.3 is 12.1 Å². The zero-order valence-corrected chi connectivity index (χ0v) is 16.0. The number of amides is 1. The fourth-order valence-electron chi connectivity index (χ4n) is 2.08. The van der Waals surface area contributed by atoms with Gasteiger partial charge in [-0.3, -0.25) is 4.79 Å². The lowest BCUT2D eigenvalue weighted by atomic mass is 10.0. The van der Waals surface area contributed by atoms with Crippen LogP contribution in [0.25, 0.3) is 0 Å². The van der Waals surface area contributed by atoms with E-state index in [4.69, 9.17) is 21.1 Å². The van der Waals surface area contributed by atoms with Gasteiger partial charge in [-0.2, -0.15) is 0 Å². The van der Waals surface area contributed by atoms with Crippen LogP contribution >= 0.6 is 11.6 Å². The van der Waals surface area contributed by atoms with Crippen molar-refractivity contribution in [2.45, 2.75) is 52.2 Å². The first-order chi connectivity index (χ1) is 12.0. The average Bonchev–Trinajstić information content (AvgIpc) is 2.48. The van der Waals surface area contributed by atoms with Crippen LogP contribution in [0.5, 0.6) is 0 Å². The normalized spacial score (nSPS) is 12.2. The lowest BCUT2D eigenvalue weighted by Crippen LogP contribution is -2.44. The SMILES string of the molecule is CCOC(=O)[C@@H](CCC(=O)c1cc(F)cc(Cl)c1)NC(=O)OC(C)(C)C. The van der Waals surface area contributed by atoms with Gasteiger partial charge in [0.25, 0.3) is 0 Å². The number of rotatable bonds is 7. The number of benzene rings is 1. The Morgan fingerprint density at radius 3 is 2.42 bits per heavy atom. The van der Waals surface area contributed by atoms with Crippen molar-refractivity contribution in [1.29, 1.82) is 0 Å². The zero-order chi connectivity index (χ0) is 19.9. The predicted molar refractivity (Wildman–Crippen MR) is 94.8 cm³/mol. The second-order valence-electron chi connectivity index (χ2n) is 6.57. The Morgan fingerprint density at radius 2 is 1.88 bits per heavy atom. The first-order valence-electron chi connectivity index (χ1n) is 8.17. The molecule has 26 heavy (non-hydrogen) atoms. The van der Waals surface area contributed by atoms with Gasteiger partial charge in [0, 0.05) is 17.0 Å². The monoisotopic (exact) mass is 387 g/mol. The Bertz CT molecular complexity index is 652. The highest BCUT2D eigenvalue weighted by molar-refractivity contribution is 6.31. The Kier molecular flexibility index (Phi) is 8.02. The molecule has 0 bridgehead atoms. The molecule has 0 aliphatic carbocycles. The van der Waals surface area contributed by atoms with Crippen molar-refractivity contribution in [1.82, 2.24) is 5.32 Å². The predicted octanol–water partition coefficient (Wildman–Crippen LogP) is 3.90. The number of hydrogen-bond acceptors (Lipinski definition) is 5. The van der Waals surface area contributed by atoms with E-state index in [2.05, 4.69) is 5.32 Å². The van der Waals surface area contributed by atoms with E-state index in [1.807, 2.05) is 0 Å². The largest absolute Gasteiger partial charge is 0.464 e. The van der Waals surface area contributed by atoms with E-state index in [0.29, 0.717) is 0 Å². The Morgan fingerprint density at radius 1 is 1.23 bits per heavy atom. The minimum Gasteiger partial charge on any atom is -0.464 e. The first kappa shape index (κ1) is 21.9. The van der Waals surface area contributed by atoms with E-state index in [1.54, 1.807) is 27.7 Å². The molecule has 1 rings (SSSR count). The van der Waals surface area contributed by atoms with Crippen LogP contribution in [0, 0.1) is 5.82 Å². The van der Waals surface area contributed by atoms with Crippen molar-refractivity contribution in [2.75, 3.05) is 6.61 Å². The lowest BCUT2D eigenvalue weighted by molar-refractivity contribution is -0.145. The van der Waals surface area contributed by atoms with Crippen LogP contribution in [0.15, 0.2) is 18.2 Å². The summed E-state index contributed by atoms with van der Waals surface area (Å²) in [5.41, 5.74) is -0.646. The Hall–Kier alpha value is -2.15. The van der Waals surface area contributed by atoms with Crippen LogP contribution in [-0.4, -0.2) is 36.1 Å². The van der Waals surface area contributed by atoms with Crippen LogP contribution in [-0.2, 0) is 14.3 Å². The number of carbonyl (C=O) groups excluding carboxylic acids is 3. The molecule has 1 aromatic carbocycles. The number of ether oxygens (including phenoxy) is 2. The molecular weight excluding hydrogens is 365 g/mol. The van der Waals surface area contributed by atoms with Crippen LogP contribution < -0.4 is 5.32 Å². The topological polar surface area (TPSA) is 81.7 Å². The van der Waals surface area contributed by atoms with Crippen LogP contribution in [0.3, 0.4) is 0 Å². The minimum absolute atomic E-state index is 0.0228. The molecule has 0 aliphatic heterocycles. The molecule has 0 heterocycles. The number of esters is 1. The van der Waals surface area contributed by atoms with Gasteiger partial charge in [-0.15, -0.1) is 0 Å². The third-order valence-corrected chi connectivity index (χ3v) is 3.32. The highest BCUT2D eigenvalue weighted by atomic mass is 35.5. The molecule has 0 aliphatic rings. The summed E-state index contributed by atoms with van der Waals surface area (Å²) in [6, 6.07) is 2.43. The van der Waals surface area contributed by atoms with Gasteiger partial charge in [-0.1, -0.05) is 11.6 Å². The Balaban J connectivity index is 2.77. The van der Waals surface area contributed by atoms with Crippen molar-refractivity contribution in [2.24, 2.45) is 0 Å². The minimum atomic E-state index is -1.06. The second-order valence-corrected chi connectivity index (χ2v) is 7.01. The smallest absolute Gasteiger partial charge is 0.408 e. The van der Waals surface area contributed by atoms with Gasteiger partial charge in [-0.05, 0) is 52.3 Å². The molecule has 1 amide bonds. The Labute approximate surface area is 157 Å². The van der Waals surface area contributed by atoms with E-state index >= 15 is 0 Å². The molecule has 6 nitrogen and oxygen atoms in total. The first-order valence-corrected chi connectivity index (χ1v) is 8.55. The summed E-state index contributed by atoms with van der Waals surface area (Å²) in [6.45, 7) is 6.80. The number of halogens is 2. The van der Waals surface area contributed by atoms with E-state index < -0.39 is 35.3 Å². The van der Waals surface area contributed by atoms with Crippen LogP contribution in [0.1, 0.15) is 50.9 Å². The molecule has 0 aromatic heterocycles. The fourth-order valence-corrected chi connectivity index (χ4v) is 2.30. The fraction of sp³-hybridized carbons (Fsp3) is 0.500. The molecule has 1 aromatic rings. The van der Waals surface area contributed by atoms with E-state index in [9.17, 15) is 18.8 Å². The number of nitrogens with one attached hydrogen (secondary N) is 1. The van der Waals surface area contributed by atoms with Gasteiger partial charge in [-0.25, -0.2) is 14.0 Å². The van der Waals surface area contributed by atoms with Crippen molar-refractivity contribution in [3.8, 4) is 0 Å². The maximum absolute atomic E-state index is 13.4. The van der Waals surface area contributed by atoms with Crippen molar-refractivity contribution < 1.29 is 28.2 Å². The third kappa shape index (κ3) is 7.82. The molecule has 0 saturated carbocycles. The zero-order valence-electron chi connectivity index (χ0n) is 15.2. The molecule has 0 unspecified atom stereocenters. The van der Waals surface area contributed by atoms with Gasteiger partial charge in [0.1, 0.15) is 17.5 Å². The summed E-state index contributed by atoms with van der Waals surface area (Å²) in [5.74, 6) is -1.72. The molecule has 144 valence electrons. The van der Waals surface area contributed by atoms with Gasteiger partial charge < -0.3 is 14.8 Å². The second kappa shape index (κ2) is 9.52. The van der Waals surface area contributed by atoms with E-state index in [0.717, 1.165) is 12.1 Å². The summed E-state index contributed by atoms with van der Waals surface area (Å²) in [6.07, 6.45) is -0.929. The van der Waals surface area contributed by atoms with Crippen molar-refractivity contribution >= 4 is 29.4 Å². The molecule has 1 N–H and O–H groups in total. The summed E-state index contributed by atoms with van der Waals surface area (Å²) in [4.78, 5) is 36.1. The molecule has 0 radical (unpaired) electrons. The lowest BCUT2D eigenvalue weighted by Gasteiger charge is -2.22. The highest BCUT2D eigenvalue weighted by Gasteiger charge is 2.26. The van der Waals surface area contributed by atoms with Gasteiger partial charge in [0.15, 0.2) is 5.78 Å². The third-order valence-electron chi connectivity index (χ3n) is 3.11. The van der Waals surface area contributed by atoms with Gasteiger partial charge in [0.05, 0.1) is 6.61 Å². The number of ketones is 1. The number of hydrogen-bond donors (Lipinski definition) is 1. The van der Waals surface area contributed by atoms with Crippen molar-refractivity contribution in [3.63, 3.8) is 0 Å². The average molecular weight is 388 g/mol. The van der Waals surface area contributed by atoms with Gasteiger partial charge in [0.2, 0.25) is 0 Å². The summed E-state index contributed by atoms with van der Waals surface area (Å²) >= 11 is 5.74. The molecule has 8 heteroatoms. The quantitative estimate of drug-likeness (QED) is 0.566. The molecule has 0 fully saturated rings. The van der Waals surface area contributed by atoms with Crippen LogP contribution in [0.4, 0.5) is 9.18 Å². The van der Waals surface area contributed by atoms with Crippen LogP contribution in [0.2, 0.25) is 5.02 Å². The molecule has 0 spiro atoms. The number of carbonyl (C=O) groups is 3. The standard InChI is InChI=1S/C18H23ClFNO5/c1-5-25-16(23)14(21-17(24)26-18(2,3)4)6-7-15(22)11-8-12(19)10-13(20)9-11/h8-10,14H,5-7H2,1-4H3,(H,21,24)/t14-/m1/s1. The summed E-state index contributed by atoms with van der Waals surface area (Å²) < 4.78 is 23.4. The number of alkyl carbamates (subject to hydrolysis) is 1.